The Hall–Kier alpha value is -1.59. The SMILES string of the molecule is CCCCCCCCCCCCCCCCCCCCCC(=O)OC[C@@H](COC(=O)CCCCCCCCCCCCCCCC(C)C)OC(=O)CCCCCCCCCCCCCCCCC(C)C. The molecule has 6 nitrogen and oxygen atoms in total. The molecule has 0 rings (SSSR count). The molecule has 0 aromatic carbocycles. The van der Waals surface area contributed by atoms with E-state index in [9.17, 15) is 14.4 Å². The lowest BCUT2D eigenvalue weighted by atomic mass is 10.0. The molecule has 0 bridgehead atoms. The molecular formula is C64H124O6. The van der Waals surface area contributed by atoms with Gasteiger partial charge >= 0.3 is 17.9 Å². The van der Waals surface area contributed by atoms with Gasteiger partial charge in [-0.15, -0.1) is 0 Å². The van der Waals surface area contributed by atoms with Crippen LogP contribution in [0.5, 0.6) is 0 Å². The zero-order valence-electron chi connectivity index (χ0n) is 48.2. The van der Waals surface area contributed by atoms with Crippen LogP contribution in [0.2, 0.25) is 0 Å². The molecule has 0 aromatic heterocycles. The molecule has 0 spiro atoms. The number of ether oxygens (including phenoxy) is 3. The Labute approximate surface area is 438 Å². The molecule has 70 heavy (non-hydrogen) atoms. The summed E-state index contributed by atoms with van der Waals surface area (Å²) in [6, 6.07) is 0. The van der Waals surface area contributed by atoms with Crippen LogP contribution < -0.4 is 0 Å². The third-order valence-corrected chi connectivity index (χ3v) is 14.7. The molecule has 416 valence electrons. The predicted octanol–water partition coefficient (Wildman–Crippen LogP) is 21.2. The summed E-state index contributed by atoms with van der Waals surface area (Å²) in [6.45, 7) is 11.4. The van der Waals surface area contributed by atoms with Gasteiger partial charge in [0.05, 0.1) is 0 Å². The van der Waals surface area contributed by atoms with Gasteiger partial charge in [-0.1, -0.05) is 324 Å². The summed E-state index contributed by atoms with van der Waals surface area (Å²) < 4.78 is 17.0. The van der Waals surface area contributed by atoms with E-state index in [1.54, 1.807) is 0 Å². The van der Waals surface area contributed by atoms with Crippen LogP contribution in [0.1, 0.15) is 362 Å². The molecule has 0 radical (unpaired) electrons. The molecule has 0 aliphatic heterocycles. The van der Waals surface area contributed by atoms with Crippen molar-refractivity contribution in [2.24, 2.45) is 11.8 Å². The van der Waals surface area contributed by atoms with E-state index in [-0.39, 0.29) is 31.1 Å². The first-order valence-corrected chi connectivity index (χ1v) is 31.7. The van der Waals surface area contributed by atoms with E-state index >= 15 is 0 Å². The Morgan fingerprint density at radius 1 is 0.271 bits per heavy atom. The third kappa shape index (κ3) is 57.3. The summed E-state index contributed by atoms with van der Waals surface area (Å²) in [7, 11) is 0. The monoisotopic (exact) mass is 989 g/mol. The lowest BCUT2D eigenvalue weighted by molar-refractivity contribution is -0.167. The largest absolute Gasteiger partial charge is 0.462 e. The smallest absolute Gasteiger partial charge is 0.306 e. The van der Waals surface area contributed by atoms with Crippen LogP contribution in [0.3, 0.4) is 0 Å². The molecule has 0 aromatic rings. The molecule has 0 fully saturated rings. The number of esters is 3. The fraction of sp³-hybridized carbons (Fsp3) is 0.953. The number of unbranched alkanes of at least 4 members (excludes halogenated alkanes) is 43. The highest BCUT2D eigenvalue weighted by Gasteiger charge is 2.19. The van der Waals surface area contributed by atoms with Crippen LogP contribution in [0.25, 0.3) is 0 Å². The zero-order valence-corrected chi connectivity index (χ0v) is 48.2. The van der Waals surface area contributed by atoms with Crippen molar-refractivity contribution in [3.63, 3.8) is 0 Å². The molecule has 0 saturated carbocycles. The van der Waals surface area contributed by atoms with Crippen LogP contribution in [0.15, 0.2) is 0 Å². The summed E-state index contributed by atoms with van der Waals surface area (Å²) in [6.07, 6.45) is 62.4. The van der Waals surface area contributed by atoms with Crippen molar-refractivity contribution < 1.29 is 28.6 Å². The number of carbonyl (C=O) groups excluding carboxylic acids is 3. The van der Waals surface area contributed by atoms with Crippen molar-refractivity contribution in [2.75, 3.05) is 13.2 Å². The summed E-state index contributed by atoms with van der Waals surface area (Å²) >= 11 is 0. The lowest BCUT2D eigenvalue weighted by Crippen LogP contribution is -2.30. The fourth-order valence-corrected chi connectivity index (χ4v) is 9.93. The van der Waals surface area contributed by atoms with Gasteiger partial charge in [0.2, 0.25) is 0 Å². The lowest BCUT2D eigenvalue weighted by Gasteiger charge is -2.18. The van der Waals surface area contributed by atoms with Gasteiger partial charge < -0.3 is 14.2 Å². The normalized spacial score (nSPS) is 12.0. The maximum absolute atomic E-state index is 12.9. The second-order valence-corrected chi connectivity index (χ2v) is 23.0. The molecule has 1 atom stereocenters. The summed E-state index contributed by atoms with van der Waals surface area (Å²) in [5.41, 5.74) is 0. The minimum absolute atomic E-state index is 0.0619. The van der Waals surface area contributed by atoms with Gasteiger partial charge in [-0.05, 0) is 31.1 Å². The summed E-state index contributed by atoms with van der Waals surface area (Å²) in [5.74, 6) is 0.851. The van der Waals surface area contributed by atoms with Gasteiger partial charge in [-0.3, -0.25) is 14.4 Å². The molecule has 6 heteroatoms. The number of hydrogen-bond acceptors (Lipinski definition) is 6. The van der Waals surface area contributed by atoms with E-state index in [4.69, 9.17) is 14.2 Å². The first-order valence-electron chi connectivity index (χ1n) is 31.7. The summed E-state index contributed by atoms with van der Waals surface area (Å²) in [4.78, 5) is 38.3. The first kappa shape index (κ1) is 68.4. The van der Waals surface area contributed by atoms with E-state index in [1.807, 2.05) is 0 Å². The Morgan fingerprint density at radius 3 is 0.700 bits per heavy atom. The van der Waals surface area contributed by atoms with Crippen molar-refractivity contribution >= 4 is 17.9 Å². The van der Waals surface area contributed by atoms with Gasteiger partial charge in [0, 0.05) is 19.3 Å². The van der Waals surface area contributed by atoms with Crippen LogP contribution in [0, 0.1) is 11.8 Å². The van der Waals surface area contributed by atoms with E-state index in [0.717, 1.165) is 69.6 Å². The maximum Gasteiger partial charge on any atom is 0.306 e. The molecular weight excluding hydrogens is 865 g/mol. The minimum Gasteiger partial charge on any atom is -0.462 e. The van der Waals surface area contributed by atoms with Gasteiger partial charge in [0.1, 0.15) is 13.2 Å². The van der Waals surface area contributed by atoms with Crippen LogP contribution in [-0.2, 0) is 28.6 Å². The highest BCUT2D eigenvalue weighted by molar-refractivity contribution is 5.71. The molecule has 0 saturated heterocycles. The molecule has 0 aliphatic rings. The number of rotatable bonds is 58. The Bertz CT molecular complexity index is 1070. The van der Waals surface area contributed by atoms with E-state index in [1.165, 1.54) is 250 Å². The molecule has 0 amide bonds. The van der Waals surface area contributed by atoms with Crippen molar-refractivity contribution in [1.82, 2.24) is 0 Å². The predicted molar refractivity (Wildman–Crippen MR) is 303 cm³/mol. The van der Waals surface area contributed by atoms with Crippen LogP contribution in [0.4, 0.5) is 0 Å². The second kappa shape index (κ2) is 56.7. The van der Waals surface area contributed by atoms with E-state index < -0.39 is 6.10 Å². The summed E-state index contributed by atoms with van der Waals surface area (Å²) in [5, 5.41) is 0. The van der Waals surface area contributed by atoms with E-state index in [2.05, 4.69) is 34.6 Å². The standard InChI is InChI=1S/C64H124O6/c1-6-7-8-9-10-11-12-13-14-15-16-17-18-24-29-34-39-44-49-54-62(65)68-57-61(58-69-63(66)55-50-45-40-35-30-26-21-23-28-33-38-43-48-53-60(4)5)70-64(67)56-51-46-41-36-31-25-20-19-22-27-32-37-42-47-52-59(2)3/h59-61H,6-58H2,1-5H3/t61-/m0/s1. The number of hydrogen-bond donors (Lipinski definition) is 0. The molecule has 0 aliphatic carbocycles. The van der Waals surface area contributed by atoms with Gasteiger partial charge in [-0.2, -0.15) is 0 Å². The molecule has 0 N–H and O–H groups in total. The highest BCUT2D eigenvalue weighted by Crippen LogP contribution is 2.19. The van der Waals surface area contributed by atoms with Crippen molar-refractivity contribution in [2.45, 2.75) is 368 Å². The van der Waals surface area contributed by atoms with Gasteiger partial charge in [0.25, 0.3) is 0 Å². The van der Waals surface area contributed by atoms with Crippen molar-refractivity contribution in [1.29, 1.82) is 0 Å². The molecule has 0 heterocycles. The third-order valence-electron chi connectivity index (χ3n) is 14.7. The average molecular weight is 990 g/mol. The Morgan fingerprint density at radius 2 is 0.471 bits per heavy atom. The van der Waals surface area contributed by atoms with Crippen molar-refractivity contribution in [3.8, 4) is 0 Å². The van der Waals surface area contributed by atoms with Crippen LogP contribution in [-0.4, -0.2) is 37.2 Å². The maximum atomic E-state index is 12.9. The first-order chi connectivity index (χ1) is 34.2. The fourth-order valence-electron chi connectivity index (χ4n) is 9.93. The van der Waals surface area contributed by atoms with Gasteiger partial charge in [0.15, 0.2) is 6.10 Å². The quantitative estimate of drug-likeness (QED) is 0.0343. The van der Waals surface area contributed by atoms with E-state index in [0.29, 0.717) is 19.3 Å². The molecule has 0 unspecified atom stereocenters. The zero-order chi connectivity index (χ0) is 51.1. The highest BCUT2D eigenvalue weighted by atomic mass is 16.6. The average Bonchev–Trinajstić information content (AvgIpc) is 3.33. The Balaban J connectivity index is 4.29. The minimum atomic E-state index is -0.764. The van der Waals surface area contributed by atoms with Gasteiger partial charge in [-0.25, -0.2) is 0 Å². The number of carbonyl (C=O) groups is 3. The van der Waals surface area contributed by atoms with Crippen molar-refractivity contribution in [3.05, 3.63) is 0 Å². The topological polar surface area (TPSA) is 78.9 Å². The second-order valence-electron chi connectivity index (χ2n) is 23.0. The Kier molecular flexibility index (Phi) is 55.4. The van der Waals surface area contributed by atoms with Crippen LogP contribution >= 0.6 is 0 Å².